The number of fused-ring (bicyclic) bond motifs is 1. The summed E-state index contributed by atoms with van der Waals surface area (Å²) in [5.74, 6) is 1.65. The highest BCUT2D eigenvalue weighted by atomic mass is 16.2. The molecule has 13 heavy (non-hydrogen) atoms. The molecule has 2 unspecified atom stereocenters. The largest absolute Gasteiger partial charge is 0.343 e. The number of amides is 1. The van der Waals surface area contributed by atoms with E-state index in [2.05, 4.69) is 5.32 Å². The summed E-state index contributed by atoms with van der Waals surface area (Å²) in [5.41, 5.74) is 0. The average molecular weight is 178 g/mol. The zero-order valence-electron chi connectivity index (χ0n) is 7.62. The number of nitriles is 1. The van der Waals surface area contributed by atoms with Crippen LogP contribution in [-0.4, -0.2) is 12.5 Å². The molecule has 2 fully saturated rings. The second kappa shape index (κ2) is 3.37. The van der Waals surface area contributed by atoms with Crippen molar-refractivity contribution >= 4 is 5.91 Å². The molecule has 2 saturated carbocycles. The van der Waals surface area contributed by atoms with Crippen molar-refractivity contribution in [3.8, 4) is 6.07 Å². The molecular weight excluding hydrogens is 164 g/mol. The molecule has 0 aliphatic heterocycles. The molecule has 0 saturated heterocycles. The maximum Gasteiger partial charge on any atom is 0.224 e. The van der Waals surface area contributed by atoms with E-state index in [0.29, 0.717) is 11.8 Å². The number of carbonyl (C=O) groups is 1. The molecular formula is C10H14N2O. The summed E-state index contributed by atoms with van der Waals surface area (Å²) in [6.07, 6.45) is 5.00. The Morgan fingerprint density at radius 1 is 1.38 bits per heavy atom. The zero-order valence-corrected chi connectivity index (χ0v) is 7.62. The van der Waals surface area contributed by atoms with Gasteiger partial charge in [0.25, 0.3) is 0 Å². The molecule has 2 atom stereocenters. The van der Waals surface area contributed by atoms with E-state index in [4.69, 9.17) is 5.26 Å². The maximum atomic E-state index is 11.5. The Morgan fingerprint density at radius 3 is 2.54 bits per heavy atom. The van der Waals surface area contributed by atoms with Gasteiger partial charge in [-0.05, 0) is 24.7 Å². The van der Waals surface area contributed by atoms with E-state index in [0.717, 1.165) is 0 Å². The van der Waals surface area contributed by atoms with Gasteiger partial charge >= 0.3 is 0 Å². The van der Waals surface area contributed by atoms with Gasteiger partial charge in [-0.2, -0.15) is 5.26 Å². The quantitative estimate of drug-likeness (QED) is 0.643. The van der Waals surface area contributed by atoms with Crippen molar-refractivity contribution < 1.29 is 4.79 Å². The van der Waals surface area contributed by atoms with Crippen LogP contribution in [0.1, 0.15) is 25.7 Å². The molecule has 70 valence electrons. The van der Waals surface area contributed by atoms with Gasteiger partial charge in [-0.15, -0.1) is 0 Å². The minimum Gasteiger partial charge on any atom is -0.343 e. The van der Waals surface area contributed by atoms with Crippen molar-refractivity contribution in [3.05, 3.63) is 0 Å². The zero-order chi connectivity index (χ0) is 9.26. The highest BCUT2D eigenvalue weighted by Crippen LogP contribution is 2.55. The first-order valence-corrected chi connectivity index (χ1v) is 4.99. The van der Waals surface area contributed by atoms with E-state index in [1.165, 1.54) is 25.7 Å². The molecule has 2 aliphatic rings. The molecule has 3 nitrogen and oxygen atoms in total. The summed E-state index contributed by atoms with van der Waals surface area (Å²) < 4.78 is 0. The van der Waals surface area contributed by atoms with Crippen molar-refractivity contribution in [2.45, 2.75) is 25.7 Å². The topological polar surface area (TPSA) is 52.9 Å². The van der Waals surface area contributed by atoms with Crippen LogP contribution in [0.4, 0.5) is 0 Å². The molecule has 0 spiro atoms. The number of nitrogens with zero attached hydrogens (tertiary/aromatic N) is 1. The Hall–Kier alpha value is -1.04. The summed E-state index contributed by atoms with van der Waals surface area (Å²) in [4.78, 5) is 11.5. The van der Waals surface area contributed by atoms with Crippen LogP contribution in [0.15, 0.2) is 0 Å². The molecule has 0 heterocycles. The van der Waals surface area contributed by atoms with Crippen molar-refractivity contribution in [2.75, 3.05) is 6.54 Å². The fourth-order valence-electron chi connectivity index (χ4n) is 2.63. The highest BCUT2D eigenvalue weighted by molar-refractivity contribution is 5.82. The third kappa shape index (κ3) is 1.53. The maximum absolute atomic E-state index is 11.5. The van der Waals surface area contributed by atoms with E-state index in [-0.39, 0.29) is 18.4 Å². The second-order valence-electron chi connectivity index (χ2n) is 4.01. The lowest BCUT2D eigenvalue weighted by atomic mass is 10.0. The lowest BCUT2D eigenvalue weighted by Crippen LogP contribution is -2.26. The predicted molar refractivity (Wildman–Crippen MR) is 47.6 cm³/mol. The van der Waals surface area contributed by atoms with Crippen molar-refractivity contribution in [3.63, 3.8) is 0 Å². The van der Waals surface area contributed by atoms with Gasteiger partial charge in [0, 0.05) is 5.92 Å². The fourth-order valence-corrected chi connectivity index (χ4v) is 2.63. The first-order valence-electron chi connectivity index (χ1n) is 4.99. The molecule has 1 amide bonds. The van der Waals surface area contributed by atoms with Crippen LogP contribution in [0.2, 0.25) is 0 Å². The molecule has 2 aliphatic carbocycles. The fraction of sp³-hybridized carbons (Fsp3) is 0.800. The molecule has 1 N–H and O–H groups in total. The number of rotatable bonds is 2. The van der Waals surface area contributed by atoms with Crippen LogP contribution in [0, 0.1) is 29.1 Å². The Labute approximate surface area is 78.1 Å². The van der Waals surface area contributed by atoms with Gasteiger partial charge < -0.3 is 5.32 Å². The van der Waals surface area contributed by atoms with Crippen LogP contribution in [0.5, 0.6) is 0 Å². The van der Waals surface area contributed by atoms with Crippen LogP contribution >= 0.6 is 0 Å². The third-order valence-electron chi connectivity index (χ3n) is 3.30. The van der Waals surface area contributed by atoms with Gasteiger partial charge in [0.1, 0.15) is 6.54 Å². The number of nitrogens with one attached hydrogen (secondary N) is 1. The summed E-state index contributed by atoms with van der Waals surface area (Å²) in [5, 5.41) is 11.0. The van der Waals surface area contributed by atoms with Gasteiger partial charge in [-0.1, -0.05) is 12.8 Å². The van der Waals surface area contributed by atoms with Crippen molar-refractivity contribution in [1.29, 1.82) is 5.26 Å². The number of hydrogen-bond acceptors (Lipinski definition) is 2. The van der Waals surface area contributed by atoms with Gasteiger partial charge in [-0.25, -0.2) is 0 Å². The Morgan fingerprint density at radius 2 is 2.00 bits per heavy atom. The van der Waals surface area contributed by atoms with Crippen molar-refractivity contribution in [2.24, 2.45) is 17.8 Å². The summed E-state index contributed by atoms with van der Waals surface area (Å²) in [7, 11) is 0. The summed E-state index contributed by atoms with van der Waals surface area (Å²) in [6, 6.07) is 1.93. The Kier molecular flexibility index (Phi) is 2.22. The Bertz CT molecular complexity index is 244. The van der Waals surface area contributed by atoms with Gasteiger partial charge in [0.05, 0.1) is 6.07 Å². The summed E-state index contributed by atoms with van der Waals surface area (Å²) >= 11 is 0. The van der Waals surface area contributed by atoms with E-state index in [9.17, 15) is 4.79 Å². The first kappa shape index (κ1) is 8.55. The molecule has 0 aromatic rings. The smallest absolute Gasteiger partial charge is 0.224 e. The minimum atomic E-state index is 0.110. The highest BCUT2D eigenvalue weighted by Gasteiger charge is 2.54. The average Bonchev–Trinajstić information content (AvgIpc) is 2.88. The van der Waals surface area contributed by atoms with Crippen LogP contribution < -0.4 is 5.32 Å². The van der Waals surface area contributed by atoms with Crippen LogP contribution in [0.25, 0.3) is 0 Å². The van der Waals surface area contributed by atoms with Crippen LogP contribution in [0.3, 0.4) is 0 Å². The minimum absolute atomic E-state index is 0.110. The predicted octanol–water partition coefficient (Wildman–Crippen LogP) is 1.06. The van der Waals surface area contributed by atoms with E-state index in [1.807, 2.05) is 6.07 Å². The standard InChI is InChI=1S/C10H14N2O/c11-5-6-12-10(13)9-7-3-1-2-4-8(7)9/h7-9H,1-4,6H2,(H,12,13). The van der Waals surface area contributed by atoms with Gasteiger partial charge in [0.2, 0.25) is 5.91 Å². The van der Waals surface area contributed by atoms with Gasteiger partial charge in [-0.3, -0.25) is 4.79 Å². The SMILES string of the molecule is N#CCNC(=O)C1C2CCCCC21. The second-order valence-corrected chi connectivity index (χ2v) is 4.01. The monoisotopic (exact) mass is 178 g/mol. The molecule has 2 rings (SSSR count). The molecule has 0 bridgehead atoms. The van der Waals surface area contributed by atoms with Gasteiger partial charge in [0.15, 0.2) is 0 Å². The molecule has 0 aromatic carbocycles. The summed E-state index contributed by atoms with van der Waals surface area (Å²) in [6.45, 7) is 0.161. The number of carbonyl (C=O) groups excluding carboxylic acids is 1. The Balaban J connectivity index is 1.83. The van der Waals surface area contributed by atoms with E-state index in [1.54, 1.807) is 0 Å². The number of hydrogen-bond donors (Lipinski definition) is 1. The molecule has 3 heteroatoms. The van der Waals surface area contributed by atoms with Crippen LogP contribution in [-0.2, 0) is 4.79 Å². The molecule has 0 radical (unpaired) electrons. The lowest BCUT2D eigenvalue weighted by Gasteiger charge is -2.04. The third-order valence-corrected chi connectivity index (χ3v) is 3.30. The van der Waals surface area contributed by atoms with Crippen molar-refractivity contribution in [1.82, 2.24) is 5.32 Å². The van der Waals surface area contributed by atoms with E-state index < -0.39 is 0 Å². The lowest BCUT2D eigenvalue weighted by molar-refractivity contribution is -0.122. The normalized spacial score (nSPS) is 35.8. The first-order chi connectivity index (χ1) is 6.34. The van der Waals surface area contributed by atoms with E-state index >= 15 is 0 Å². The molecule has 0 aromatic heterocycles.